The second-order valence-electron chi connectivity index (χ2n) is 6.62. The highest BCUT2D eigenvalue weighted by Crippen LogP contribution is 2.40. The molecule has 5 N–H and O–H groups in total. The van der Waals surface area contributed by atoms with Gasteiger partial charge in [0.15, 0.2) is 11.6 Å². The van der Waals surface area contributed by atoms with Gasteiger partial charge in [0.2, 0.25) is 5.91 Å². The van der Waals surface area contributed by atoms with Gasteiger partial charge in [-0.1, -0.05) is 6.07 Å². The van der Waals surface area contributed by atoms with Crippen molar-refractivity contribution in [1.82, 2.24) is 10.2 Å². The number of hydrogen-bond acceptors (Lipinski definition) is 8. The molecule has 0 bridgehead atoms. The van der Waals surface area contributed by atoms with Crippen LogP contribution in [0.1, 0.15) is 18.5 Å². The lowest BCUT2D eigenvalue weighted by molar-refractivity contribution is -0.151. The summed E-state index contributed by atoms with van der Waals surface area (Å²) in [5, 5.41) is 20.5. The number of carbonyl (C=O) groups excluding carboxylic acids is 3. The highest BCUT2D eigenvalue weighted by Gasteiger charge is 2.54. The quantitative estimate of drug-likeness (QED) is 0.349. The van der Waals surface area contributed by atoms with Crippen molar-refractivity contribution in [3.63, 3.8) is 0 Å². The molecule has 1 aromatic rings. The van der Waals surface area contributed by atoms with Gasteiger partial charge in [0.05, 0.1) is 0 Å². The van der Waals surface area contributed by atoms with E-state index >= 15 is 0 Å². The number of phenols is 1. The zero-order chi connectivity index (χ0) is 22.2. The van der Waals surface area contributed by atoms with E-state index in [-0.39, 0.29) is 29.2 Å². The average molecular weight is 439 g/mol. The first-order valence-corrected chi connectivity index (χ1v) is 9.74. The van der Waals surface area contributed by atoms with E-state index in [1.54, 1.807) is 0 Å². The lowest BCUT2D eigenvalue weighted by atomic mass is 10.0. The molecule has 3 rings (SSSR count). The summed E-state index contributed by atoms with van der Waals surface area (Å²) in [6, 6.07) is 0.930. The normalized spacial score (nSPS) is 21.4. The van der Waals surface area contributed by atoms with Crippen molar-refractivity contribution in [2.75, 3.05) is 12.4 Å². The van der Waals surface area contributed by atoms with Gasteiger partial charge in [0, 0.05) is 18.2 Å². The van der Waals surface area contributed by atoms with Crippen LogP contribution in [-0.4, -0.2) is 62.6 Å². The number of fused-ring (bicyclic) bond motifs is 1. The summed E-state index contributed by atoms with van der Waals surface area (Å²) in [5.74, 6) is -4.69. The fraction of sp³-hybridized carbons (Fsp3) is 0.333. The summed E-state index contributed by atoms with van der Waals surface area (Å²) in [6.45, 7) is 0.929. The lowest BCUT2D eigenvalue weighted by Gasteiger charge is -2.49. The molecule has 1 unspecified atom stereocenters. The first kappa shape index (κ1) is 21.6. The minimum atomic E-state index is -1.35. The largest absolute Gasteiger partial charge is 0.505 e. The van der Waals surface area contributed by atoms with Gasteiger partial charge in [-0.05, 0) is 17.7 Å². The van der Waals surface area contributed by atoms with Crippen molar-refractivity contribution < 1.29 is 38.5 Å². The van der Waals surface area contributed by atoms with Crippen LogP contribution in [0.3, 0.4) is 0 Å². The Balaban J connectivity index is 1.72. The lowest BCUT2D eigenvalue weighted by Crippen LogP contribution is -2.71. The van der Waals surface area contributed by atoms with E-state index < -0.39 is 52.8 Å². The number of ether oxygens (including phenoxy) is 1. The maximum absolute atomic E-state index is 13.5. The molecule has 1 aromatic carbocycles. The fourth-order valence-electron chi connectivity index (χ4n) is 3.09. The number of carboxylic acids is 1. The Morgan fingerprint density at radius 3 is 2.73 bits per heavy atom. The van der Waals surface area contributed by atoms with Crippen LogP contribution in [-0.2, 0) is 23.9 Å². The standard InChI is InChI=1S/C18H18FN3O7S/c1-7(23)29-5-9-6-30-17-13(16(26)22(17)14(9)18(27)28)21-15(25)12(20)8-2-3-11(24)10(19)4-8/h2-4,12-13,17,24H,5-6,20H2,1H3,(H,21,25)(H,27,28)/t12?,13-,17-/m1/s1. The third-order valence-corrected chi connectivity index (χ3v) is 5.95. The molecule has 12 heteroatoms. The number of rotatable bonds is 6. The van der Waals surface area contributed by atoms with E-state index in [0.717, 1.165) is 17.0 Å². The molecule has 160 valence electrons. The molecule has 0 saturated carbocycles. The third-order valence-electron chi connectivity index (χ3n) is 4.61. The van der Waals surface area contributed by atoms with Crippen molar-refractivity contribution in [1.29, 1.82) is 0 Å². The highest BCUT2D eigenvalue weighted by molar-refractivity contribution is 8.00. The molecule has 0 radical (unpaired) electrons. The molecule has 10 nitrogen and oxygen atoms in total. The second-order valence-corrected chi connectivity index (χ2v) is 7.73. The van der Waals surface area contributed by atoms with Crippen LogP contribution < -0.4 is 11.1 Å². The third kappa shape index (κ3) is 3.96. The van der Waals surface area contributed by atoms with Gasteiger partial charge in [-0.2, -0.15) is 0 Å². The van der Waals surface area contributed by atoms with Gasteiger partial charge in [0.1, 0.15) is 29.8 Å². The average Bonchev–Trinajstić information content (AvgIpc) is 2.70. The number of nitrogens with one attached hydrogen (secondary N) is 1. The van der Waals surface area contributed by atoms with E-state index in [1.807, 2.05) is 0 Å². The molecule has 0 aliphatic carbocycles. The minimum absolute atomic E-state index is 0.0949. The maximum Gasteiger partial charge on any atom is 0.352 e. The van der Waals surface area contributed by atoms with E-state index in [1.165, 1.54) is 24.8 Å². The molecular weight excluding hydrogens is 421 g/mol. The number of carboxylic acid groups (broad SMARTS) is 1. The van der Waals surface area contributed by atoms with Gasteiger partial charge < -0.3 is 26.0 Å². The van der Waals surface area contributed by atoms with E-state index in [2.05, 4.69) is 5.32 Å². The Morgan fingerprint density at radius 2 is 2.13 bits per heavy atom. The number of nitrogens with zero attached hydrogens (tertiary/aromatic N) is 1. The summed E-state index contributed by atoms with van der Waals surface area (Å²) in [5.41, 5.74) is 5.91. The number of carbonyl (C=O) groups is 4. The predicted octanol–water partition coefficient (Wildman–Crippen LogP) is -0.167. The number of esters is 1. The topological polar surface area (TPSA) is 159 Å². The van der Waals surface area contributed by atoms with E-state index in [0.29, 0.717) is 0 Å². The monoisotopic (exact) mass is 439 g/mol. The van der Waals surface area contributed by atoms with Crippen LogP contribution in [0.15, 0.2) is 29.5 Å². The molecule has 0 aromatic heterocycles. The Bertz CT molecular complexity index is 967. The Labute approximate surface area is 173 Å². The number of thioether (sulfide) groups is 1. The van der Waals surface area contributed by atoms with Crippen LogP contribution >= 0.6 is 11.8 Å². The van der Waals surface area contributed by atoms with Crippen molar-refractivity contribution in [3.8, 4) is 5.75 Å². The van der Waals surface area contributed by atoms with E-state index in [4.69, 9.17) is 10.5 Å². The van der Waals surface area contributed by atoms with Gasteiger partial charge in [0.25, 0.3) is 5.91 Å². The Hall–Kier alpha value is -3.12. The van der Waals surface area contributed by atoms with Crippen LogP contribution in [0.5, 0.6) is 5.75 Å². The van der Waals surface area contributed by atoms with Crippen molar-refractivity contribution in [3.05, 3.63) is 40.8 Å². The zero-order valence-corrected chi connectivity index (χ0v) is 16.4. The number of aromatic hydroxyl groups is 1. The SMILES string of the molecule is CC(=O)OCC1=C(C(=O)O)N2C(=O)[C@@H](NC(=O)C(N)c3ccc(O)c(F)c3)[C@H]2SC1. The fourth-order valence-corrected chi connectivity index (χ4v) is 4.42. The Kier molecular flexibility index (Phi) is 5.99. The number of nitrogens with two attached hydrogens (primary N) is 1. The molecule has 2 heterocycles. The molecule has 2 aliphatic heterocycles. The van der Waals surface area contributed by atoms with Crippen LogP contribution in [0.4, 0.5) is 4.39 Å². The minimum Gasteiger partial charge on any atom is -0.505 e. The highest BCUT2D eigenvalue weighted by atomic mass is 32.2. The van der Waals surface area contributed by atoms with Gasteiger partial charge in [-0.15, -0.1) is 11.8 Å². The molecule has 1 fully saturated rings. The zero-order valence-electron chi connectivity index (χ0n) is 15.6. The van der Waals surface area contributed by atoms with Crippen LogP contribution in [0.25, 0.3) is 0 Å². The van der Waals surface area contributed by atoms with Crippen molar-refractivity contribution in [2.45, 2.75) is 24.4 Å². The van der Waals surface area contributed by atoms with Crippen molar-refractivity contribution >= 4 is 35.5 Å². The summed E-state index contributed by atoms with van der Waals surface area (Å²) < 4.78 is 18.3. The molecular formula is C18H18FN3O7S. The number of hydrogen-bond donors (Lipinski definition) is 4. The molecule has 2 amide bonds. The number of benzene rings is 1. The summed E-state index contributed by atoms with van der Waals surface area (Å²) in [7, 11) is 0. The first-order valence-electron chi connectivity index (χ1n) is 8.69. The number of aliphatic carboxylic acids is 1. The summed E-state index contributed by atoms with van der Waals surface area (Å²) >= 11 is 1.20. The molecule has 30 heavy (non-hydrogen) atoms. The number of β-lactam (4-membered cyclic amide) rings is 1. The van der Waals surface area contributed by atoms with E-state index in [9.17, 15) is 33.8 Å². The van der Waals surface area contributed by atoms with Gasteiger partial charge >= 0.3 is 11.9 Å². The molecule has 3 atom stereocenters. The second kappa shape index (κ2) is 8.32. The number of amides is 2. The smallest absolute Gasteiger partial charge is 0.352 e. The molecule has 0 spiro atoms. The van der Waals surface area contributed by atoms with Gasteiger partial charge in [-0.25, -0.2) is 9.18 Å². The van der Waals surface area contributed by atoms with Crippen LogP contribution in [0, 0.1) is 5.82 Å². The van der Waals surface area contributed by atoms with Crippen molar-refractivity contribution in [2.24, 2.45) is 5.73 Å². The number of phenolic OH excluding ortho intramolecular Hbond substituents is 1. The maximum atomic E-state index is 13.5. The predicted molar refractivity (Wildman–Crippen MR) is 101 cm³/mol. The summed E-state index contributed by atoms with van der Waals surface area (Å²) in [6.07, 6.45) is 0. The molecule has 2 aliphatic rings. The summed E-state index contributed by atoms with van der Waals surface area (Å²) in [4.78, 5) is 48.7. The van der Waals surface area contributed by atoms with Crippen LogP contribution in [0.2, 0.25) is 0 Å². The number of halogens is 1. The molecule has 1 saturated heterocycles. The van der Waals surface area contributed by atoms with Gasteiger partial charge in [-0.3, -0.25) is 19.3 Å². The first-order chi connectivity index (χ1) is 14.1. The Morgan fingerprint density at radius 1 is 1.43 bits per heavy atom.